The van der Waals surface area contributed by atoms with Crippen molar-refractivity contribution in [2.75, 3.05) is 6.61 Å². The summed E-state index contributed by atoms with van der Waals surface area (Å²) in [5.74, 6) is 0. The quantitative estimate of drug-likeness (QED) is 0.110. The van der Waals surface area contributed by atoms with Gasteiger partial charge < -0.3 is 14.6 Å². The minimum atomic E-state index is -2.10. The molecule has 0 aromatic rings. The van der Waals surface area contributed by atoms with Crippen LogP contribution in [0.5, 0.6) is 0 Å². The number of aliphatic hydroxyl groups excluding tert-OH is 2. The van der Waals surface area contributed by atoms with Crippen LogP contribution in [0.2, 0.25) is 36.3 Å². The van der Waals surface area contributed by atoms with Crippen molar-refractivity contribution in [3.05, 3.63) is 22.9 Å². The van der Waals surface area contributed by atoms with Crippen molar-refractivity contribution in [2.45, 2.75) is 168 Å². The molecule has 0 spiro atoms. The van der Waals surface area contributed by atoms with E-state index in [9.17, 15) is 10.2 Å². The summed E-state index contributed by atoms with van der Waals surface area (Å²) in [6, 6.07) is 0. The van der Waals surface area contributed by atoms with Crippen molar-refractivity contribution in [1.82, 2.24) is 0 Å². The van der Waals surface area contributed by atoms with Crippen molar-refractivity contribution in [3.63, 3.8) is 0 Å². The normalized spacial score (nSPS) is 16.4. The fraction of sp³-hybridized carbons (Fsp3) is 0.871. The summed E-state index contributed by atoms with van der Waals surface area (Å²) in [5, 5.41) is 23.0. The zero-order valence-electron chi connectivity index (χ0n) is 26.4. The summed E-state index contributed by atoms with van der Waals surface area (Å²) in [6.45, 7) is 27.2. The highest BCUT2D eigenvalue weighted by Gasteiger charge is 2.41. The molecule has 0 unspecified atom stereocenters. The highest BCUT2D eigenvalue weighted by Crippen LogP contribution is 2.43. The number of rotatable bonds is 17. The van der Waals surface area contributed by atoms with Crippen LogP contribution in [0.1, 0.15) is 120 Å². The van der Waals surface area contributed by atoms with Crippen molar-refractivity contribution < 1.29 is 14.6 Å². The number of unbranched alkanes of at least 4 members (excludes halogenated alkanes) is 6. The summed E-state index contributed by atoms with van der Waals surface area (Å²) >= 11 is 0. The van der Waals surface area contributed by atoms with Gasteiger partial charge in [0.15, 0.2) is 8.32 Å². The Hall–Kier alpha value is -0.206. The van der Waals surface area contributed by atoms with E-state index in [4.69, 9.17) is 4.43 Å². The van der Waals surface area contributed by atoms with E-state index in [1.165, 1.54) is 62.1 Å². The van der Waals surface area contributed by atoms with Gasteiger partial charge in [0, 0.05) is 0 Å². The molecule has 0 amide bonds. The smallest absolute Gasteiger partial charge is 0.192 e. The van der Waals surface area contributed by atoms with Gasteiger partial charge in [-0.15, -0.1) is 0 Å². The van der Waals surface area contributed by atoms with Crippen molar-refractivity contribution in [1.29, 1.82) is 0 Å². The van der Waals surface area contributed by atoms with Crippen LogP contribution in [0.4, 0.5) is 0 Å². The second-order valence-corrected chi connectivity index (χ2v) is 24.3. The summed E-state index contributed by atoms with van der Waals surface area (Å²) in [7, 11) is -3.92. The van der Waals surface area contributed by atoms with Gasteiger partial charge in [-0.2, -0.15) is 0 Å². The highest BCUT2D eigenvalue weighted by atomic mass is 28.4. The van der Waals surface area contributed by atoms with E-state index in [0.717, 1.165) is 12.8 Å². The molecule has 3 nitrogen and oxygen atoms in total. The summed E-state index contributed by atoms with van der Waals surface area (Å²) in [5.41, 5.74) is 1.49. The average Bonchev–Trinajstić information content (AvgIpc) is 2.74. The molecule has 0 bridgehead atoms. The monoisotopic (exact) mass is 540 g/mol. The first-order chi connectivity index (χ1) is 16.4. The second-order valence-electron chi connectivity index (χ2n) is 14.1. The van der Waals surface area contributed by atoms with Crippen LogP contribution < -0.4 is 0 Å². The van der Waals surface area contributed by atoms with Crippen LogP contribution in [0, 0.1) is 0 Å². The first-order valence-electron chi connectivity index (χ1n) is 14.7. The number of allylic oxidation sites excluding steroid dienone is 3. The van der Waals surface area contributed by atoms with Crippen molar-refractivity contribution >= 4 is 16.4 Å². The Labute approximate surface area is 228 Å². The molecule has 0 heterocycles. The molecule has 0 aliphatic rings. The maximum absolute atomic E-state index is 11.2. The molecule has 0 saturated heterocycles. The SMILES string of the molecule is CCCCCCCCC/C(C)=C/CC/C(=C/[C@@H](O)[C@@H](CO)O[Si](C)(C)C(C)(C)C)[Si](C)(C)C(C)(C)C. The van der Waals surface area contributed by atoms with Gasteiger partial charge in [-0.25, -0.2) is 0 Å². The zero-order chi connectivity index (χ0) is 28.2. The fourth-order valence-electron chi connectivity index (χ4n) is 4.11. The Balaban J connectivity index is 5.38. The lowest BCUT2D eigenvalue weighted by Crippen LogP contribution is -2.48. The van der Waals surface area contributed by atoms with Gasteiger partial charge in [-0.3, -0.25) is 0 Å². The van der Waals surface area contributed by atoms with Crippen molar-refractivity contribution in [3.8, 4) is 0 Å². The molecule has 0 aromatic carbocycles. The predicted octanol–water partition coefficient (Wildman–Crippen LogP) is 9.57. The number of hydrogen-bond donors (Lipinski definition) is 2. The van der Waals surface area contributed by atoms with Crippen LogP contribution in [-0.4, -0.2) is 45.4 Å². The van der Waals surface area contributed by atoms with Gasteiger partial charge in [0.05, 0.1) is 26.9 Å². The summed E-state index contributed by atoms with van der Waals surface area (Å²) in [4.78, 5) is 0. The lowest BCUT2D eigenvalue weighted by molar-refractivity contribution is 0.0172. The molecule has 36 heavy (non-hydrogen) atoms. The molecule has 2 atom stereocenters. The van der Waals surface area contributed by atoms with Gasteiger partial charge in [0.25, 0.3) is 0 Å². The third kappa shape index (κ3) is 12.6. The third-order valence-electron chi connectivity index (χ3n) is 8.94. The van der Waals surface area contributed by atoms with Crippen LogP contribution in [-0.2, 0) is 4.43 Å². The minimum absolute atomic E-state index is 0.0317. The van der Waals surface area contributed by atoms with Gasteiger partial charge in [0.1, 0.15) is 0 Å². The molecule has 0 fully saturated rings. The lowest BCUT2D eigenvalue weighted by Gasteiger charge is -2.41. The molecule has 2 N–H and O–H groups in total. The van der Waals surface area contributed by atoms with Gasteiger partial charge in [0.2, 0.25) is 0 Å². The fourth-order valence-corrected chi connectivity index (χ4v) is 7.75. The van der Waals surface area contributed by atoms with Gasteiger partial charge in [-0.05, 0) is 55.8 Å². The van der Waals surface area contributed by atoms with E-state index in [0.29, 0.717) is 0 Å². The molecular weight excluding hydrogens is 477 g/mol. The van der Waals surface area contributed by atoms with Crippen LogP contribution >= 0.6 is 0 Å². The Morgan fingerprint density at radius 2 is 1.36 bits per heavy atom. The Morgan fingerprint density at radius 1 is 0.833 bits per heavy atom. The maximum atomic E-state index is 11.2. The molecule has 0 aromatic heterocycles. The summed E-state index contributed by atoms with van der Waals surface area (Å²) < 4.78 is 6.44. The molecule has 0 rings (SSSR count). The Morgan fingerprint density at radius 3 is 1.83 bits per heavy atom. The average molecular weight is 541 g/mol. The second kappa shape index (κ2) is 16.0. The highest BCUT2D eigenvalue weighted by molar-refractivity contribution is 6.86. The van der Waals surface area contributed by atoms with E-state index in [1.54, 1.807) is 0 Å². The van der Waals surface area contributed by atoms with E-state index in [2.05, 4.69) is 93.7 Å². The maximum Gasteiger partial charge on any atom is 0.192 e. The van der Waals surface area contributed by atoms with Crippen LogP contribution in [0.15, 0.2) is 22.9 Å². The predicted molar refractivity (Wildman–Crippen MR) is 166 cm³/mol. The van der Waals surface area contributed by atoms with Gasteiger partial charge >= 0.3 is 0 Å². The number of aliphatic hydroxyl groups is 2. The molecule has 0 saturated carbocycles. The lowest BCUT2D eigenvalue weighted by atomic mass is 10.0. The minimum Gasteiger partial charge on any atom is -0.409 e. The van der Waals surface area contributed by atoms with Crippen molar-refractivity contribution in [2.24, 2.45) is 0 Å². The van der Waals surface area contributed by atoms with E-state index in [-0.39, 0.29) is 16.7 Å². The molecule has 0 aliphatic heterocycles. The first kappa shape index (κ1) is 35.8. The Bertz CT molecular complexity index is 666. The van der Waals surface area contributed by atoms with E-state index < -0.39 is 28.6 Å². The molecular formula is C31H64O3Si2. The molecule has 0 radical (unpaired) electrons. The van der Waals surface area contributed by atoms with Gasteiger partial charge in [-0.1, -0.05) is 123 Å². The van der Waals surface area contributed by atoms with Crippen LogP contribution in [0.3, 0.4) is 0 Å². The summed E-state index contributed by atoms with van der Waals surface area (Å²) in [6.07, 6.45) is 15.8. The first-order valence-corrected chi connectivity index (χ1v) is 20.6. The molecule has 5 heteroatoms. The Kier molecular flexibility index (Phi) is 15.9. The van der Waals surface area contributed by atoms with Crippen LogP contribution in [0.25, 0.3) is 0 Å². The number of hydrogen-bond acceptors (Lipinski definition) is 3. The largest absolute Gasteiger partial charge is 0.409 e. The third-order valence-corrected chi connectivity index (χ3v) is 19.2. The standard InChI is InChI=1S/C31H64O3Si2/c1-13-14-15-16-17-18-19-21-26(2)22-20-23-27(35(9,10)30(3,4)5)24-28(33)29(25-32)34-36(11,12)31(6,7)8/h22,24,28-29,32-33H,13-21,23,25H2,1-12H3/b26-22+,27-24-/t28-,29-/m1/s1. The van der Waals surface area contributed by atoms with E-state index in [1.807, 2.05) is 0 Å². The zero-order valence-corrected chi connectivity index (χ0v) is 28.4. The topological polar surface area (TPSA) is 49.7 Å². The molecule has 0 aliphatic carbocycles. The molecule has 214 valence electrons. The van der Waals surface area contributed by atoms with E-state index >= 15 is 0 Å².